The van der Waals surface area contributed by atoms with Gasteiger partial charge in [-0.3, -0.25) is 9.48 Å². The SMILES string of the molecule is CCOC(=O)C1CC1Cn1cc(-c2cnc(N)c(OC(C)c3c(Cl)ccc(F)c3Cl)c2)cn1. The van der Waals surface area contributed by atoms with Crippen molar-refractivity contribution in [2.24, 2.45) is 11.8 Å². The molecule has 0 spiro atoms. The summed E-state index contributed by atoms with van der Waals surface area (Å²) >= 11 is 12.3. The maximum Gasteiger partial charge on any atom is 0.309 e. The average Bonchev–Trinajstić information content (AvgIpc) is 3.39. The molecule has 3 unspecified atom stereocenters. The fraction of sp³-hybridized carbons (Fsp3) is 0.348. The summed E-state index contributed by atoms with van der Waals surface area (Å²) in [7, 11) is 0. The molecule has 33 heavy (non-hydrogen) atoms. The van der Waals surface area contributed by atoms with E-state index < -0.39 is 11.9 Å². The number of hydrogen-bond acceptors (Lipinski definition) is 6. The summed E-state index contributed by atoms with van der Waals surface area (Å²) in [6.07, 6.45) is 5.34. The van der Waals surface area contributed by atoms with Crippen LogP contribution < -0.4 is 10.5 Å². The van der Waals surface area contributed by atoms with E-state index in [0.717, 1.165) is 17.5 Å². The molecule has 0 saturated heterocycles. The first-order valence-electron chi connectivity index (χ1n) is 10.5. The van der Waals surface area contributed by atoms with Crippen LogP contribution in [-0.4, -0.2) is 27.3 Å². The van der Waals surface area contributed by atoms with Crippen LogP contribution in [0.4, 0.5) is 10.2 Å². The minimum Gasteiger partial charge on any atom is -0.482 e. The number of halogens is 3. The Bertz CT molecular complexity index is 1190. The second-order valence-electron chi connectivity index (χ2n) is 7.93. The zero-order valence-electron chi connectivity index (χ0n) is 18.1. The van der Waals surface area contributed by atoms with Crippen LogP contribution in [0.1, 0.15) is 31.9 Å². The molecule has 1 aromatic carbocycles. The second-order valence-corrected chi connectivity index (χ2v) is 8.71. The van der Waals surface area contributed by atoms with Gasteiger partial charge in [0, 0.05) is 40.7 Å². The summed E-state index contributed by atoms with van der Waals surface area (Å²) in [5.41, 5.74) is 7.89. The lowest BCUT2D eigenvalue weighted by Gasteiger charge is -2.19. The van der Waals surface area contributed by atoms with Crippen molar-refractivity contribution in [2.75, 3.05) is 12.3 Å². The number of hydrogen-bond donors (Lipinski definition) is 1. The van der Waals surface area contributed by atoms with E-state index in [4.69, 9.17) is 38.4 Å². The first-order valence-corrected chi connectivity index (χ1v) is 11.3. The molecule has 2 aromatic heterocycles. The van der Waals surface area contributed by atoms with E-state index in [1.165, 1.54) is 12.1 Å². The van der Waals surface area contributed by atoms with Gasteiger partial charge in [0.05, 0.1) is 23.7 Å². The van der Waals surface area contributed by atoms with Gasteiger partial charge in [-0.05, 0) is 44.4 Å². The molecule has 2 N–H and O–H groups in total. The number of ether oxygens (including phenoxy) is 2. The molecule has 1 aliphatic rings. The molecule has 0 bridgehead atoms. The number of anilines is 1. The molecule has 3 aromatic rings. The van der Waals surface area contributed by atoms with Gasteiger partial charge in [0.15, 0.2) is 11.6 Å². The molecule has 0 amide bonds. The van der Waals surface area contributed by atoms with Gasteiger partial charge in [0.2, 0.25) is 0 Å². The van der Waals surface area contributed by atoms with Gasteiger partial charge in [-0.1, -0.05) is 23.2 Å². The van der Waals surface area contributed by atoms with E-state index in [2.05, 4.69) is 10.1 Å². The van der Waals surface area contributed by atoms with E-state index in [9.17, 15) is 9.18 Å². The maximum atomic E-state index is 13.9. The average molecular weight is 493 g/mol. The summed E-state index contributed by atoms with van der Waals surface area (Å²) in [5, 5.41) is 4.59. The Morgan fingerprint density at radius 3 is 2.88 bits per heavy atom. The number of aromatic nitrogens is 3. The zero-order chi connectivity index (χ0) is 23.7. The summed E-state index contributed by atoms with van der Waals surface area (Å²) in [6.45, 7) is 4.52. The van der Waals surface area contributed by atoms with Crippen molar-refractivity contribution in [1.29, 1.82) is 0 Å². The molecule has 7 nitrogen and oxygen atoms in total. The van der Waals surface area contributed by atoms with Crippen LogP contribution in [-0.2, 0) is 16.1 Å². The quantitative estimate of drug-likeness (QED) is 0.338. The number of benzene rings is 1. The van der Waals surface area contributed by atoms with E-state index >= 15 is 0 Å². The minimum atomic E-state index is -0.669. The highest BCUT2D eigenvalue weighted by Crippen LogP contribution is 2.41. The Balaban J connectivity index is 1.48. The lowest BCUT2D eigenvalue weighted by molar-refractivity contribution is -0.145. The number of rotatable bonds is 8. The Morgan fingerprint density at radius 1 is 1.33 bits per heavy atom. The van der Waals surface area contributed by atoms with Crippen LogP contribution in [0.15, 0.2) is 36.8 Å². The monoisotopic (exact) mass is 492 g/mol. The van der Waals surface area contributed by atoms with Gasteiger partial charge < -0.3 is 15.2 Å². The molecule has 1 fully saturated rings. The smallest absolute Gasteiger partial charge is 0.309 e. The number of nitrogens with zero attached hydrogens (tertiary/aromatic N) is 3. The molecule has 0 radical (unpaired) electrons. The summed E-state index contributed by atoms with van der Waals surface area (Å²) in [5.74, 6) is -0.0714. The molecule has 4 rings (SSSR count). The highest BCUT2D eigenvalue weighted by molar-refractivity contribution is 6.36. The maximum absolute atomic E-state index is 13.9. The number of pyridine rings is 1. The van der Waals surface area contributed by atoms with Gasteiger partial charge in [-0.15, -0.1) is 0 Å². The van der Waals surface area contributed by atoms with Crippen molar-refractivity contribution < 1.29 is 18.7 Å². The summed E-state index contributed by atoms with van der Waals surface area (Å²) < 4.78 is 26.7. The number of esters is 1. The lowest BCUT2D eigenvalue weighted by atomic mass is 10.1. The molecule has 10 heteroatoms. The van der Waals surface area contributed by atoms with E-state index in [0.29, 0.717) is 29.5 Å². The molecule has 174 valence electrons. The first kappa shape index (κ1) is 23.3. The lowest BCUT2D eigenvalue weighted by Crippen LogP contribution is -2.10. The van der Waals surface area contributed by atoms with Gasteiger partial charge in [0.1, 0.15) is 11.9 Å². The van der Waals surface area contributed by atoms with Crippen LogP contribution in [0.3, 0.4) is 0 Å². The van der Waals surface area contributed by atoms with Crippen molar-refractivity contribution >= 4 is 35.0 Å². The predicted octanol–water partition coefficient (Wildman–Crippen LogP) is 5.31. The number of carbonyl (C=O) groups is 1. The first-order chi connectivity index (χ1) is 15.8. The number of carbonyl (C=O) groups excluding carboxylic acids is 1. The van der Waals surface area contributed by atoms with E-state index in [1.807, 2.05) is 6.20 Å². The van der Waals surface area contributed by atoms with Crippen molar-refractivity contribution in [2.45, 2.75) is 32.9 Å². The fourth-order valence-corrected chi connectivity index (χ4v) is 4.39. The summed E-state index contributed by atoms with van der Waals surface area (Å²) in [4.78, 5) is 16.0. The van der Waals surface area contributed by atoms with Crippen LogP contribution in [0.2, 0.25) is 10.0 Å². The largest absolute Gasteiger partial charge is 0.482 e. The normalized spacial score (nSPS) is 18.1. The second kappa shape index (κ2) is 9.57. The minimum absolute atomic E-state index is 0.0567. The van der Waals surface area contributed by atoms with Crippen LogP contribution >= 0.6 is 23.2 Å². The van der Waals surface area contributed by atoms with Gasteiger partial charge in [-0.2, -0.15) is 5.10 Å². The molecule has 0 aliphatic heterocycles. The standard InChI is InChI=1S/C23H23Cl2FN4O3/c1-3-32-23(31)16-6-14(16)10-30-11-15(9-29-30)13-7-19(22(27)28-8-13)33-12(2)20-17(24)4-5-18(26)21(20)25/h4-5,7-9,11-12,14,16H,3,6,10H2,1-2H3,(H2,27,28). The molecule has 1 saturated carbocycles. The third-order valence-electron chi connectivity index (χ3n) is 5.57. The van der Waals surface area contributed by atoms with Crippen LogP contribution in [0.25, 0.3) is 11.1 Å². The van der Waals surface area contributed by atoms with Crippen molar-refractivity contribution in [3.05, 3.63) is 58.2 Å². The van der Waals surface area contributed by atoms with Crippen molar-refractivity contribution in [3.8, 4) is 16.9 Å². The third-order valence-corrected chi connectivity index (χ3v) is 6.29. The van der Waals surface area contributed by atoms with Gasteiger partial charge in [0.25, 0.3) is 0 Å². The highest BCUT2D eigenvalue weighted by atomic mass is 35.5. The third kappa shape index (κ3) is 5.07. The van der Waals surface area contributed by atoms with Crippen LogP contribution in [0, 0.1) is 17.7 Å². The molecule has 2 heterocycles. The topological polar surface area (TPSA) is 92.3 Å². The number of nitrogen functional groups attached to an aromatic ring is 1. The Hall–Kier alpha value is -2.84. The van der Waals surface area contributed by atoms with E-state index in [-0.39, 0.29) is 28.6 Å². The zero-order valence-corrected chi connectivity index (χ0v) is 19.6. The highest BCUT2D eigenvalue weighted by Gasteiger charge is 2.44. The molecular formula is C23H23Cl2FN4O3. The van der Waals surface area contributed by atoms with Gasteiger partial charge in [-0.25, -0.2) is 9.37 Å². The van der Waals surface area contributed by atoms with Crippen molar-refractivity contribution in [1.82, 2.24) is 14.8 Å². The van der Waals surface area contributed by atoms with Gasteiger partial charge >= 0.3 is 5.97 Å². The Morgan fingerprint density at radius 2 is 2.12 bits per heavy atom. The molecule has 3 atom stereocenters. The molecule has 1 aliphatic carbocycles. The molecular weight excluding hydrogens is 470 g/mol. The predicted molar refractivity (Wildman–Crippen MR) is 124 cm³/mol. The Kier molecular flexibility index (Phi) is 6.76. The Labute approximate surface area is 200 Å². The number of nitrogens with two attached hydrogens (primary N) is 1. The van der Waals surface area contributed by atoms with Crippen molar-refractivity contribution in [3.63, 3.8) is 0 Å². The van der Waals surface area contributed by atoms with Crippen LogP contribution in [0.5, 0.6) is 5.75 Å². The van der Waals surface area contributed by atoms with E-state index in [1.54, 1.807) is 37.0 Å². The fourth-order valence-electron chi connectivity index (χ4n) is 3.71. The summed E-state index contributed by atoms with van der Waals surface area (Å²) in [6, 6.07) is 4.36.